The number of piperidine rings is 1. The number of sulfonamides is 1. The summed E-state index contributed by atoms with van der Waals surface area (Å²) in [4.78, 5) is 12.5. The number of rotatable bonds is 5. The van der Waals surface area contributed by atoms with E-state index < -0.39 is 10.0 Å². The van der Waals surface area contributed by atoms with Crippen LogP contribution < -0.4 is 10.0 Å². The van der Waals surface area contributed by atoms with Crippen molar-refractivity contribution in [1.82, 2.24) is 10.0 Å². The molecule has 0 radical (unpaired) electrons. The molecule has 2 N–H and O–H groups in total. The summed E-state index contributed by atoms with van der Waals surface area (Å²) in [6.07, 6.45) is 0.772. The number of halogens is 1. The van der Waals surface area contributed by atoms with Gasteiger partial charge in [0.1, 0.15) is 4.88 Å². The Kier molecular flexibility index (Phi) is 7.04. The van der Waals surface area contributed by atoms with E-state index in [1.54, 1.807) is 31.2 Å². The van der Waals surface area contributed by atoms with Crippen molar-refractivity contribution in [2.45, 2.75) is 31.2 Å². The van der Waals surface area contributed by atoms with Gasteiger partial charge in [-0.05, 0) is 62.0 Å². The van der Waals surface area contributed by atoms with E-state index in [4.69, 9.17) is 4.74 Å². The summed E-state index contributed by atoms with van der Waals surface area (Å²) < 4.78 is 34.1. The Balaban J connectivity index is 0.00000243. The molecular weight excluding hydrogens is 396 g/mol. The van der Waals surface area contributed by atoms with Crippen LogP contribution >= 0.6 is 23.7 Å². The van der Waals surface area contributed by atoms with E-state index >= 15 is 0 Å². The first kappa shape index (κ1) is 21.1. The minimum absolute atomic E-state index is 0. The molecule has 0 amide bonds. The van der Waals surface area contributed by atoms with E-state index in [1.807, 2.05) is 6.92 Å². The van der Waals surface area contributed by atoms with E-state index in [9.17, 15) is 13.2 Å². The average Bonchev–Trinajstić information content (AvgIpc) is 3.00. The van der Waals surface area contributed by atoms with Crippen molar-refractivity contribution in [1.29, 1.82) is 0 Å². The smallest absolute Gasteiger partial charge is 0.348 e. The van der Waals surface area contributed by atoms with Gasteiger partial charge in [0.2, 0.25) is 10.0 Å². The van der Waals surface area contributed by atoms with Gasteiger partial charge in [0.15, 0.2) is 0 Å². The predicted molar refractivity (Wildman–Crippen MR) is 106 cm³/mol. The molecular formula is C17H23ClN2O4S2. The number of ether oxygens (including phenoxy) is 1. The quantitative estimate of drug-likeness (QED) is 0.729. The van der Waals surface area contributed by atoms with Crippen LogP contribution in [0.5, 0.6) is 0 Å². The normalized spacial score (nSPS) is 20.5. The number of carbonyl (C=O) groups excluding carboxylic acids is 1. The van der Waals surface area contributed by atoms with Gasteiger partial charge in [-0.1, -0.05) is 6.92 Å². The molecule has 2 atom stereocenters. The molecule has 2 aromatic rings. The van der Waals surface area contributed by atoms with Crippen molar-refractivity contribution in [3.05, 3.63) is 29.1 Å². The van der Waals surface area contributed by atoms with Crippen LogP contribution in [-0.4, -0.2) is 40.1 Å². The fourth-order valence-corrected chi connectivity index (χ4v) is 5.30. The third-order valence-corrected chi connectivity index (χ3v) is 6.95. The van der Waals surface area contributed by atoms with Crippen molar-refractivity contribution in [3.63, 3.8) is 0 Å². The van der Waals surface area contributed by atoms with E-state index in [2.05, 4.69) is 10.0 Å². The zero-order chi connectivity index (χ0) is 18.0. The van der Waals surface area contributed by atoms with E-state index in [0.717, 1.165) is 29.6 Å². The lowest BCUT2D eigenvalue weighted by Gasteiger charge is -2.29. The molecule has 9 heteroatoms. The Bertz CT molecular complexity index is 882. The molecule has 26 heavy (non-hydrogen) atoms. The zero-order valence-corrected chi connectivity index (χ0v) is 17.1. The Morgan fingerprint density at radius 3 is 2.85 bits per heavy atom. The van der Waals surface area contributed by atoms with E-state index in [0.29, 0.717) is 11.5 Å². The number of fused-ring (bicyclic) bond motifs is 1. The maximum absolute atomic E-state index is 12.7. The molecule has 0 spiro atoms. The van der Waals surface area contributed by atoms with E-state index in [-0.39, 0.29) is 35.2 Å². The molecule has 1 fully saturated rings. The molecule has 6 nitrogen and oxygen atoms in total. The minimum Gasteiger partial charge on any atom is -0.462 e. The van der Waals surface area contributed by atoms with Crippen molar-refractivity contribution in [2.24, 2.45) is 5.92 Å². The summed E-state index contributed by atoms with van der Waals surface area (Å²) in [5.41, 5.74) is 0. The lowest BCUT2D eigenvalue weighted by atomic mass is 9.97. The lowest BCUT2D eigenvalue weighted by molar-refractivity contribution is 0.0532. The Labute approximate surface area is 163 Å². The summed E-state index contributed by atoms with van der Waals surface area (Å²) in [6, 6.07) is 6.55. The molecule has 144 valence electrons. The van der Waals surface area contributed by atoms with Gasteiger partial charge in [0.25, 0.3) is 0 Å². The van der Waals surface area contributed by atoms with Gasteiger partial charge in [0.05, 0.1) is 11.5 Å². The van der Waals surface area contributed by atoms with Gasteiger partial charge in [-0.2, -0.15) is 0 Å². The maximum atomic E-state index is 12.7. The summed E-state index contributed by atoms with van der Waals surface area (Å²) in [5, 5.41) is 3.99. The number of hydrogen-bond donors (Lipinski definition) is 2. The second kappa shape index (κ2) is 8.67. The number of nitrogens with one attached hydrogen (secondary N) is 2. The number of hydrogen-bond acceptors (Lipinski definition) is 6. The van der Waals surface area contributed by atoms with Crippen LogP contribution in [0.2, 0.25) is 0 Å². The first-order valence-corrected chi connectivity index (χ1v) is 10.6. The highest BCUT2D eigenvalue weighted by molar-refractivity contribution is 7.89. The molecule has 0 bridgehead atoms. The Morgan fingerprint density at radius 2 is 2.15 bits per heavy atom. The monoisotopic (exact) mass is 418 g/mol. The summed E-state index contributed by atoms with van der Waals surface area (Å²) in [5.74, 6) is -0.140. The highest BCUT2D eigenvalue weighted by atomic mass is 35.5. The fourth-order valence-electron chi connectivity index (χ4n) is 2.95. The zero-order valence-electron chi connectivity index (χ0n) is 14.7. The molecule has 0 saturated carbocycles. The van der Waals surface area contributed by atoms with Crippen molar-refractivity contribution >= 4 is 49.8 Å². The topological polar surface area (TPSA) is 84.5 Å². The van der Waals surface area contributed by atoms with Crippen LogP contribution in [0.3, 0.4) is 0 Å². The third-order valence-electron chi connectivity index (χ3n) is 4.37. The summed E-state index contributed by atoms with van der Waals surface area (Å²) >= 11 is 1.30. The number of thiophene rings is 1. The van der Waals surface area contributed by atoms with Gasteiger partial charge in [-0.15, -0.1) is 23.7 Å². The van der Waals surface area contributed by atoms with Crippen LogP contribution in [0.1, 0.15) is 29.9 Å². The Morgan fingerprint density at radius 1 is 1.38 bits per heavy atom. The molecule has 0 aliphatic carbocycles. The molecule has 1 aliphatic heterocycles. The first-order chi connectivity index (χ1) is 11.9. The molecule has 1 aliphatic rings. The largest absolute Gasteiger partial charge is 0.462 e. The molecule has 1 aromatic carbocycles. The predicted octanol–water partition coefficient (Wildman–Crippen LogP) is 2.78. The lowest BCUT2D eigenvalue weighted by Crippen LogP contribution is -2.48. The maximum Gasteiger partial charge on any atom is 0.348 e. The Hall–Kier alpha value is -1.19. The number of carbonyl (C=O) groups is 1. The van der Waals surface area contributed by atoms with Crippen molar-refractivity contribution < 1.29 is 17.9 Å². The highest BCUT2D eigenvalue weighted by Gasteiger charge is 2.27. The molecule has 2 unspecified atom stereocenters. The highest BCUT2D eigenvalue weighted by Crippen LogP contribution is 2.29. The van der Waals surface area contributed by atoms with Gasteiger partial charge in [-0.25, -0.2) is 17.9 Å². The van der Waals surface area contributed by atoms with Crippen molar-refractivity contribution in [3.8, 4) is 0 Å². The first-order valence-electron chi connectivity index (χ1n) is 8.34. The number of esters is 1. The number of benzene rings is 1. The van der Waals surface area contributed by atoms with Gasteiger partial charge < -0.3 is 10.1 Å². The molecule has 1 saturated heterocycles. The molecule has 2 heterocycles. The standard InChI is InChI=1S/C17H22N2O4S2.ClH/c1-3-23-17(20)16-9-12-8-13(4-5-15(12)24-16)25(21,22)19-14-6-7-18-10-11(14)2;/h4-5,8-9,11,14,18-19H,3,6-7,10H2,1-2H3;1H. The van der Waals surface area contributed by atoms with Crippen LogP contribution in [-0.2, 0) is 14.8 Å². The average molecular weight is 419 g/mol. The van der Waals surface area contributed by atoms with Crippen molar-refractivity contribution in [2.75, 3.05) is 19.7 Å². The second-order valence-corrected chi connectivity index (χ2v) is 9.03. The second-order valence-electron chi connectivity index (χ2n) is 6.23. The van der Waals surface area contributed by atoms with Crippen LogP contribution in [0.15, 0.2) is 29.2 Å². The summed E-state index contributed by atoms with van der Waals surface area (Å²) in [6.45, 7) is 5.71. The van der Waals surface area contributed by atoms with Crippen LogP contribution in [0.25, 0.3) is 10.1 Å². The van der Waals surface area contributed by atoms with Gasteiger partial charge >= 0.3 is 5.97 Å². The minimum atomic E-state index is -3.59. The van der Waals surface area contributed by atoms with E-state index in [1.165, 1.54) is 11.3 Å². The van der Waals surface area contributed by atoms with Crippen LogP contribution in [0.4, 0.5) is 0 Å². The SMILES string of the molecule is CCOC(=O)c1cc2cc(S(=O)(=O)NC3CCNCC3C)ccc2s1.Cl. The fraction of sp³-hybridized carbons (Fsp3) is 0.471. The van der Waals surface area contributed by atoms with Crippen LogP contribution in [0, 0.1) is 5.92 Å². The third kappa shape index (κ3) is 4.55. The summed E-state index contributed by atoms with van der Waals surface area (Å²) in [7, 11) is -3.59. The van der Waals surface area contributed by atoms with Gasteiger partial charge in [-0.3, -0.25) is 0 Å². The van der Waals surface area contributed by atoms with Gasteiger partial charge in [0, 0.05) is 10.7 Å². The molecule has 1 aromatic heterocycles. The molecule has 3 rings (SSSR count).